The van der Waals surface area contributed by atoms with Crippen molar-refractivity contribution < 1.29 is 52.9 Å². The van der Waals surface area contributed by atoms with Crippen molar-refractivity contribution in [3.8, 4) is 5.75 Å². The highest BCUT2D eigenvalue weighted by Gasteiger charge is 2.42. The number of aryl methyl sites for hydroxylation is 1. The number of urea groups is 1. The van der Waals surface area contributed by atoms with Gasteiger partial charge in [-0.3, -0.25) is 49.0 Å². The summed E-state index contributed by atoms with van der Waals surface area (Å²) in [4.78, 5) is 128. The lowest BCUT2D eigenvalue weighted by Crippen LogP contribution is -2.36. The summed E-state index contributed by atoms with van der Waals surface area (Å²) >= 11 is 1.93. The van der Waals surface area contributed by atoms with Crippen LogP contribution in [0, 0.1) is 27.2 Å². The Balaban J connectivity index is 0.000000396. The first-order valence-corrected chi connectivity index (χ1v) is 42.2. The van der Waals surface area contributed by atoms with Crippen LogP contribution in [-0.2, 0) is 20.8 Å². The lowest BCUT2D eigenvalue weighted by molar-refractivity contribution is -0.385. The van der Waals surface area contributed by atoms with Crippen molar-refractivity contribution >= 4 is 110 Å². The quantitative estimate of drug-likeness (QED) is 0.00246. The Morgan fingerprint density at radius 3 is 1.39 bits per heavy atom. The number of nitro groups is 2. The normalized spacial score (nSPS) is 12.7. The molecule has 3 heterocycles. The second kappa shape index (κ2) is 65.1. The molecule has 8 amide bonds. The van der Waals surface area contributed by atoms with Crippen molar-refractivity contribution in [2.45, 2.75) is 127 Å². The van der Waals surface area contributed by atoms with Crippen LogP contribution in [-0.4, -0.2) is 207 Å². The summed E-state index contributed by atoms with van der Waals surface area (Å²) in [6, 6.07) is 24.1. The SMILES string of the molecule is CNCCCNC(=O)CCCCC1SCC2NC(=O)NC21.CNCCCNC(=O)CCCCCCNc1ccc(N=[N+]=[N-])cc1[N+](=O)[O-].CNCCCNC(=O)Cc1c(C)c2ccc(N=[N+]=[N-])cc2oc1=O.CNCCCNC(=O)c1ccc(N=[N+]=[N-])cc1.CNCCCNC(=O)c1ccc(N=[N+]=[N-])cc1O.CNCCCNC(=O)c1ccc(N=[N+]=[N-])cc1[N+](=O)[O-]. The third-order valence-electron chi connectivity index (χ3n) is 18.5. The van der Waals surface area contributed by atoms with Crippen molar-refractivity contribution in [1.82, 2.24) is 74.4 Å². The van der Waals surface area contributed by atoms with Crippen LogP contribution in [0.25, 0.3) is 63.2 Å². The van der Waals surface area contributed by atoms with E-state index in [0.717, 1.165) is 135 Å². The van der Waals surface area contributed by atoms with E-state index in [0.29, 0.717) is 115 Å². The van der Waals surface area contributed by atoms with Gasteiger partial charge in [0.05, 0.1) is 39.5 Å². The number of azide groups is 5. The Morgan fingerprint density at radius 2 is 0.890 bits per heavy atom. The van der Waals surface area contributed by atoms with Crippen LogP contribution in [0.2, 0.25) is 0 Å². The number of unbranched alkanes of at least 4 members (excludes halogenated alkanes) is 4. The standard InChI is InChI=1S/C17H27N7O3.C16H19N5O3.C14H26N4O2S.C11H14N6O3.C11H15N5O2.C11H15N5O/c1-19-10-6-12-21-17(25)7-4-2-3-5-11-20-15-9-8-14(22-23-18)13-16(15)24(26)27;1-10-12-5-4-11(20-21-17)8-14(12)24-16(23)13(10)9-15(22)19-7-3-6-18-2;1-15-7-4-8-16-12(19)6-3-2-5-11-13-10(9-21-11)17-14(20)18-13;1-13-5-2-6-14-11(18)9-4-3-8(15-16-12)7-10(9)17(19)20;1-13-5-2-6-14-11(18)9-4-3-8(15-16-12)7-10(9)17;1-13-7-2-8-14-11(17)9-3-5-10(6-4-9)15-16-12/h8-9,13,19-20H,2-7,10-12H2,1H3,(H,21,25);4-5,8,18H,3,6-7,9H2,1-2H3,(H,19,22);10-11,13,15H,2-9H2,1H3,(H,16,19)(H2,17,18,20);3-4,7,13H,2,5-6H2,1H3,(H,14,18);3-4,7,13,17H,2,5-6H2,1H3,(H,14,18);3-6,13H,2,7-8H2,1H3,(H,14,17). The molecule has 6 aromatic rings. The molecule has 2 saturated heterocycles. The first-order chi connectivity index (χ1) is 61.4. The number of anilines is 1. The van der Waals surface area contributed by atoms with E-state index in [2.05, 4.69) is 130 Å². The number of carbonyl (C=O) groups is 7. The Labute approximate surface area is 738 Å². The highest BCUT2D eigenvalue weighted by molar-refractivity contribution is 8.00. The van der Waals surface area contributed by atoms with Gasteiger partial charge in [-0.15, -0.1) is 0 Å². The fourth-order valence-electron chi connectivity index (χ4n) is 12.0. The predicted octanol–water partition coefficient (Wildman–Crippen LogP) is 11.9. The van der Waals surface area contributed by atoms with Crippen molar-refractivity contribution in [3.05, 3.63) is 208 Å². The molecule has 0 saturated carbocycles. The Kier molecular flexibility index (Phi) is 55.2. The number of hydrogen-bond acceptors (Lipinski definition) is 27. The van der Waals surface area contributed by atoms with E-state index < -0.39 is 21.4 Å². The Bertz CT molecular complexity index is 4820. The van der Waals surface area contributed by atoms with E-state index in [-0.39, 0.29) is 93.3 Å². The minimum absolute atomic E-state index is 0.0260. The van der Waals surface area contributed by atoms with Crippen LogP contribution in [0.3, 0.4) is 0 Å². The van der Waals surface area contributed by atoms with Gasteiger partial charge in [-0.05, 0) is 228 Å². The summed E-state index contributed by atoms with van der Waals surface area (Å²) < 4.78 is 5.28. The number of phenolic OH excluding ortho intramolecular Hbond substituents is 1. The lowest BCUT2D eigenvalue weighted by atomic mass is 10.0. The van der Waals surface area contributed by atoms with Gasteiger partial charge < -0.3 is 89.3 Å². The molecule has 3 atom stereocenters. The number of nitrogens with zero attached hydrogens (tertiary/aromatic N) is 17. The maximum Gasteiger partial charge on any atom is 0.340 e. The number of benzene rings is 5. The third-order valence-corrected chi connectivity index (χ3v) is 20.0. The zero-order chi connectivity index (χ0) is 93.4. The number of nitro benzene ring substituents is 2. The molecule has 127 heavy (non-hydrogen) atoms. The predicted molar refractivity (Wildman–Crippen MR) is 489 cm³/mol. The lowest BCUT2D eigenvalue weighted by Gasteiger charge is -2.16. The third kappa shape index (κ3) is 43.6. The summed E-state index contributed by atoms with van der Waals surface area (Å²) in [5.41, 5.74) is 44.5. The van der Waals surface area contributed by atoms with Crippen LogP contribution in [0.15, 0.2) is 132 Å². The zero-order valence-electron chi connectivity index (χ0n) is 72.4. The largest absolute Gasteiger partial charge is 0.507 e. The number of nitrogens with one attached hydrogen (secondary N) is 15. The molecule has 0 radical (unpaired) electrons. The molecule has 2 fully saturated rings. The number of amides is 8. The molecule has 46 nitrogen and oxygen atoms in total. The Morgan fingerprint density at radius 1 is 0.472 bits per heavy atom. The molecule has 686 valence electrons. The van der Waals surface area contributed by atoms with Crippen LogP contribution >= 0.6 is 11.8 Å². The number of carbonyl (C=O) groups excluding carboxylic acids is 7. The van der Waals surface area contributed by atoms with Crippen LogP contribution < -0.4 is 85.4 Å². The number of hydrogen-bond donors (Lipinski definition) is 16. The van der Waals surface area contributed by atoms with Crippen LogP contribution in [0.5, 0.6) is 5.75 Å². The first-order valence-electron chi connectivity index (χ1n) is 41.2. The van der Waals surface area contributed by atoms with Gasteiger partial charge in [0.2, 0.25) is 17.7 Å². The van der Waals surface area contributed by atoms with Crippen molar-refractivity contribution in [1.29, 1.82) is 0 Å². The second-order valence-corrected chi connectivity index (χ2v) is 29.3. The minimum Gasteiger partial charge on any atom is -0.507 e. The van der Waals surface area contributed by atoms with E-state index >= 15 is 0 Å². The van der Waals surface area contributed by atoms with Crippen LogP contribution in [0.1, 0.15) is 139 Å². The van der Waals surface area contributed by atoms with E-state index in [1.807, 2.05) is 47.0 Å². The molecule has 0 bridgehead atoms. The van der Waals surface area contributed by atoms with Gasteiger partial charge >= 0.3 is 11.7 Å². The van der Waals surface area contributed by atoms with Gasteiger partial charge in [0.1, 0.15) is 22.6 Å². The molecule has 0 spiro atoms. The minimum atomic E-state index is -0.682. The molecule has 8 rings (SSSR count). The number of fused-ring (bicyclic) bond motifs is 2. The van der Waals surface area contributed by atoms with Crippen molar-refractivity contribution in [2.24, 2.45) is 25.6 Å². The van der Waals surface area contributed by atoms with E-state index in [1.54, 1.807) is 56.4 Å². The molecule has 2 aliphatic rings. The van der Waals surface area contributed by atoms with E-state index in [9.17, 15) is 63.7 Å². The number of aromatic hydroxyl groups is 1. The fraction of sp³-hybridized carbons (Fsp3) is 0.500. The molecule has 3 unspecified atom stereocenters. The highest BCUT2D eigenvalue weighted by Crippen LogP contribution is 2.34. The average molecular weight is 1780 g/mol. The molecule has 2 aliphatic heterocycles. The molecule has 16 N–H and O–H groups in total. The van der Waals surface area contributed by atoms with Crippen molar-refractivity contribution in [3.63, 3.8) is 0 Å². The zero-order valence-corrected chi connectivity index (χ0v) is 73.3. The second-order valence-electron chi connectivity index (χ2n) is 28.0. The fourth-order valence-corrected chi connectivity index (χ4v) is 13.5. The first kappa shape index (κ1) is 108. The van der Waals surface area contributed by atoms with E-state index in [4.69, 9.17) is 32.1 Å². The maximum absolute atomic E-state index is 12.2. The monoisotopic (exact) mass is 1780 g/mol. The molecular weight excluding hydrogens is 1670 g/mol. The van der Waals surface area contributed by atoms with Crippen molar-refractivity contribution in [2.75, 3.05) is 138 Å². The average Bonchev–Trinajstić information content (AvgIpc) is 0.921. The summed E-state index contributed by atoms with van der Waals surface area (Å²) in [6.45, 7) is 11.0. The van der Waals surface area contributed by atoms with Gasteiger partial charge in [0, 0.05) is 146 Å². The smallest absolute Gasteiger partial charge is 0.340 e. The summed E-state index contributed by atoms with van der Waals surface area (Å²) in [5.74, 6) is -0.179. The van der Waals surface area contributed by atoms with Gasteiger partial charge in [-0.2, -0.15) is 11.8 Å². The number of phenols is 1. The Hall–Kier alpha value is -13.5. The maximum atomic E-state index is 12.2. The van der Waals surface area contributed by atoms with Gasteiger partial charge in [0.15, 0.2) is 0 Å². The number of thioether (sulfide) groups is 1. The molecule has 0 aliphatic carbocycles. The molecule has 47 heteroatoms. The molecular formula is C80H116N32O14S. The number of rotatable bonds is 49. The highest BCUT2D eigenvalue weighted by atomic mass is 32.2. The topological polar surface area (TPSA) is 680 Å². The summed E-state index contributed by atoms with van der Waals surface area (Å²) in [6.07, 6.45) is 12.8. The van der Waals surface area contributed by atoms with Crippen LogP contribution in [0.4, 0.5) is 50.3 Å². The van der Waals surface area contributed by atoms with E-state index in [1.165, 1.54) is 48.5 Å². The summed E-state index contributed by atoms with van der Waals surface area (Å²) in [7, 11) is 11.1. The molecule has 5 aromatic carbocycles. The summed E-state index contributed by atoms with van der Waals surface area (Å²) in [5, 5.41) is 93.5. The molecule has 1 aromatic heterocycles. The van der Waals surface area contributed by atoms with Gasteiger partial charge in [0.25, 0.3) is 29.1 Å². The van der Waals surface area contributed by atoms with Gasteiger partial charge in [-0.1, -0.05) is 87.3 Å². The van der Waals surface area contributed by atoms with Gasteiger partial charge in [-0.25, -0.2) is 9.59 Å².